The van der Waals surface area contributed by atoms with Gasteiger partial charge in [0, 0.05) is 5.69 Å². The standard InChI is InChI=1S/C13H13ClFN3O2S/c1-17-21(19,20)13-5-3-9(7-11(13)16)18-12-4-2-8(15)6-10(12)14/h2-7,17-18H,16H2,1H3. The third-order valence-corrected chi connectivity index (χ3v) is 4.58. The van der Waals surface area contributed by atoms with E-state index >= 15 is 0 Å². The molecule has 0 amide bonds. The van der Waals surface area contributed by atoms with Crippen molar-refractivity contribution in [1.29, 1.82) is 0 Å². The number of anilines is 3. The molecule has 2 aromatic rings. The number of nitrogens with one attached hydrogen (secondary N) is 2. The summed E-state index contributed by atoms with van der Waals surface area (Å²) in [6, 6.07) is 8.29. The summed E-state index contributed by atoms with van der Waals surface area (Å²) < 4.78 is 38.6. The summed E-state index contributed by atoms with van der Waals surface area (Å²) in [5.41, 5.74) is 6.86. The molecule has 0 aliphatic carbocycles. The molecule has 0 heterocycles. The van der Waals surface area contributed by atoms with Gasteiger partial charge in [0.25, 0.3) is 0 Å². The quantitative estimate of drug-likeness (QED) is 0.753. The van der Waals surface area contributed by atoms with Crippen LogP contribution in [0.15, 0.2) is 41.3 Å². The summed E-state index contributed by atoms with van der Waals surface area (Å²) in [6.45, 7) is 0. The minimum Gasteiger partial charge on any atom is -0.398 e. The smallest absolute Gasteiger partial charge is 0.242 e. The number of hydrogen-bond acceptors (Lipinski definition) is 4. The van der Waals surface area contributed by atoms with Crippen LogP contribution < -0.4 is 15.8 Å². The van der Waals surface area contributed by atoms with Crippen molar-refractivity contribution < 1.29 is 12.8 Å². The van der Waals surface area contributed by atoms with Crippen LogP contribution in [0.2, 0.25) is 5.02 Å². The lowest BCUT2D eigenvalue weighted by Gasteiger charge is -2.11. The molecule has 0 aliphatic heterocycles. The van der Waals surface area contributed by atoms with Gasteiger partial charge in [0.15, 0.2) is 0 Å². The average molecular weight is 330 g/mol. The second kappa shape index (κ2) is 5.88. The van der Waals surface area contributed by atoms with E-state index in [1.165, 1.54) is 37.4 Å². The topological polar surface area (TPSA) is 84.2 Å². The molecular weight excluding hydrogens is 317 g/mol. The first-order valence-electron chi connectivity index (χ1n) is 5.88. The molecule has 0 unspecified atom stereocenters. The summed E-state index contributed by atoms with van der Waals surface area (Å²) >= 11 is 5.91. The summed E-state index contributed by atoms with van der Waals surface area (Å²) in [7, 11) is -2.31. The van der Waals surface area contributed by atoms with Gasteiger partial charge in [0.05, 0.1) is 16.4 Å². The van der Waals surface area contributed by atoms with Crippen molar-refractivity contribution in [3.05, 3.63) is 47.2 Å². The zero-order chi connectivity index (χ0) is 15.6. The molecule has 0 radical (unpaired) electrons. The molecule has 21 heavy (non-hydrogen) atoms. The fraction of sp³-hybridized carbons (Fsp3) is 0.0769. The van der Waals surface area contributed by atoms with Gasteiger partial charge in [0.2, 0.25) is 10.0 Å². The fourth-order valence-electron chi connectivity index (χ4n) is 1.73. The number of nitrogen functional groups attached to an aromatic ring is 1. The van der Waals surface area contributed by atoms with Crippen LogP contribution in [-0.4, -0.2) is 15.5 Å². The van der Waals surface area contributed by atoms with E-state index in [2.05, 4.69) is 10.0 Å². The van der Waals surface area contributed by atoms with Crippen LogP contribution >= 0.6 is 11.6 Å². The lowest BCUT2D eigenvalue weighted by atomic mass is 10.2. The zero-order valence-electron chi connectivity index (χ0n) is 11.0. The third-order valence-electron chi connectivity index (χ3n) is 2.78. The number of rotatable bonds is 4. The van der Waals surface area contributed by atoms with E-state index in [4.69, 9.17) is 17.3 Å². The molecule has 4 N–H and O–H groups in total. The Morgan fingerprint density at radius 2 is 1.90 bits per heavy atom. The van der Waals surface area contributed by atoms with Crippen LogP contribution in [0.4, 0.5) is 21.5 Å². The van der Waals surface area contributed by atoms with Crippen molar-refractivity contribution in [3.63, 3.8) is 0 Å². The molecule has 5 nitrogen and oxygen atoms in total. The van der Waals surface area contributed by atoms with Crippen LogP contribution in [0, 0.1) is 5.82 Å². The number of benzene rings is 2. The first-order chi connectivity index (χ1) is 9.83. The summed E-state index contributed by atoms with van der Waals surface area (Å²) in [5.74, 6) is -0.444. The highest BCUT2D eigenvalue weighted by atomic mass is 35.5. The van der Waals surface area contributed by atoms with Gasteiger partial charge in [0.1, 0.15) is 10.7 Å². The molecular formula is C13H13ClFN3O2S. The maximum Gasteiger partial charge on any atom is 0.242 e. The van der Waals surface area contributed by atoms with Crippen molar-refractivity contribution in [2.24, 2.45) is 0 Å². The van der Waals surface area contributed by atoms with Crippen molar-refractivity contribution in [2.75, 3.05) is 18.1 Å². The molecule has 0 atom stereocenters. The Bertz CT molecular complexity index is 781. The van der Waals surface area contributed by atoms with E-state index in [9.17, 15) is 12.8 Å². The first kappa shape index (κ1) is 15.6. The second-order valence-corrected chi connectivity index (χ2v) is 6.47. The molecule has 112 valence electrons. The van der Waals surface area contributed by atoms with Crippen LogP contribution in [0.25, 0.3) is 0 Å². The van der Waals surface area contributed by atoms with Crippen molar-refractivity contribution in [3.8, 4) is 0 Å². The molecule has 2 aromatic carbocycles. The average Bonchev–Trinajstić information content (AvgIpc) is 2.42. The number of nitrogens with two attached hydrogens (primary N) is 1. The normalized spacial score (nSPS) is 11.4. The Kier molecular flexibility index (Phi) is 4.36. The molecule has 0 aliphatic rings. The van der Waals surface area contributed by atoms with Gasteiger partial charge in [-0.3, -0.25) is 0 Å². The fourth-order valence-corrected chi connectivity index (χ4v) is 2.78. The van der Waals surface area contributed by atoms with Gasteiger partial charge in [-0.2, -0.15) is 0 Å². The molecule has 0 saturated carbocycles. The Labute approximate surface area is 127 Å². The maximum atomic E-state index is 13.0. The molecule has 0 aromatic heterocycles. The van der Waals surface area contributed by atoms with E-state index in [1.807, 2.05) is 0 Å². The SMILES string of the molecule is CNS(=O)(=O)c1ccc(Nc2ccc(F)cc2Cl)cc1N. The molecule has 0 fully saturated rings. The van der Waals surface area contributed by atoms with Gasteiger partial charge in [-0.15, -0.1) is 0 Å². The molecule has 0 saturated heterocycles. The minimum atomic E-state index is -3.61. The summed E-state index contributed by atoms with van der Waals surface area (Å²) in [6.07, 6.45) is 0. The highest BCUT2D eigenvalue weighted by Gasteiger charge is 2.15. The summed E-state index contributed by atoms with van der Waals surface area (Å²) in [5, 5.41) is 3.15. The lowest BCUT2D eigenvalue weighted by molar-refractivity contribution is 0.588. The van der Waals surface area contributed by atoms with Crippen LogP contribution in [0.5, 0.6) is 0 Å². The van der Waals surface area contributed by atoms with Gasteiger partial charge in [-0.1, -0.05) is 11.6 Å². The van der Waals surface area contributed by atoms with Gasteiger partial charge in [-0.05, 0) is 43.4 Å². The zero-order valence-corrected chi connectivity index (χ0v) is 12.6. The molecule has 8 heteroatoms. The molecule has 2 rings (SSSR count). The highest BCUT2D eigenvalue weighted by Crippen LogP contribution is 2.28. The van der Waals surface area contributed by atoms with Crippen molar-refractivity contribution >= 4 is 38.7 Å². The predicted molar refractivity (Wildman–Crippen MR) is 81.8 cm³/mol. The van der Waals surface area contributed by atoms with Crippen molar-refractivity contribution in [1.82, 2.24) is 4.72 Å². The van der Waals surface area contributed by atoms with E-state index < -0.39 is 15.8 Å². The van der Waals surface area contributed by atoms with E-state index in [1.54, 1.807) is 6.07 Å². The second-order valence-electron chi connectivity index (χ2n) is 4.21. The Hall–Kier alpha value is -1.83. The van der Waals surface area contributed by atoms with E-state index in [-0.39, 0.29) is 15.6 Å². The van der Waals surface area contributed by atoms with Crippen LogP contribution in [0.1, 0.15) is 0 Å². The maximum absolute atomic E-state index is 13.0. The number of halogens is 2. The molecule has 0 spiro atoms. The number of sulfonamides is 1. The van der Waals surface area contributed by atoms with E-state index in [0.29, 0.717) is 11.4 Å². The predicted octanol–water partition coefficient (Wildman–Crippen LogP) is 2.71. The van der Waals surface area contributed by atoms with E-state index in [0.717, 1.165) is 0 Å². The Morgan fingerprint density at radius 3 is 2.48 bits per heavy atom. The van der Waals surface area contributed by atoms with Gasteiger partial charge >= 0.3 is 0 Å². The van der Waals surface area contributed by atoms with Gasteiger partial charge < -0.3 is 11.1 Å². The monoisotopic (exact) mass is 329 g/mol. The van der Waals surface area contributed by atoms with Crippen molar-refractivity contribution in [2.45, 2.75) is 4.90 Å². The number of hydrogen-bond donors (Lipinski definition) is 3. The minimum absolute atomic E-state index is 0.0132. The largest absolute Gasteiger partial charge is 0.398 e. The molecule has 0 bridgehead atoms. The summed E-state index contributed by atoms with van der Waals surface area (Å²) in [4.78, 5) is -0.0132. The van der Waals surface area contributed by atoms with Crippen LogP contribution in [-0.2, 0) is 10.0 Å². The highest BCUT2D eigenvalue weighted by molar-refractivity contribution is 7.89. The Balaban J connectivity index is 2.33. The lowest BCUT2D eigenvalue weighted by Crippen LogP contribution is -2.19. The third kappa shape index (κ3) is 3.44. The Morgan fingerprint density at radius 1 is 1.19 bits per heavy atom. The van der Waals surface area contributed by atoms with Gasteiger partial charge in [-0.25, -0.2) is 17.5 Å². The first-order valence-corrected chi connectivity index (χ1v) is 7.75. The van der Waals surface area contributed by atoms with Crippen LogP contribution in [0.3, 0.4) is 0 Å².